The maximum atomic E-state index is 12.9. The van der Waals surface area contributed by atoms with Crippen molar-refractivity contribution in [2.45, 2.75) is 44.3 Å². The minimum absolute atomic E-state index is 0.169. The van der Waals surface area contributed by atoms with Crippen molar-refractivity contribution in [1.82, 2.24) is 0 Å². The third kappa shape index (κ3) is 5.82. The Hall–Kier alpha value is -0.830. The molecule has 0 spiro atoms. The number of hydrogen-bond donors (Lipinski definition) is 3. The van der Waals surface area contributed by atoms with Gasteiger partial charge < -0.3 is 10.8 Å². The van der Waals surface area contributed by atoms with Gasteiger partial charge in [-0.15, -0.1) is 0 Å². The second kappa shape index (κ2) is 6.95. The van der Waals surface area contributed by atoms with E-state index in [0.717, 1.165) is 6.42 Å². The van der Waals surface area contributed by atoms with Crippen LogP contribution in [-0.2, 0) is 14.5 Å². The fraction of sp³-hybridized carbons (Fsp3) is 0.917. The van der Waals surface area contributed by atoms with Crippen LogP contribution in [0.25, 0.3) is 0 Å². The molecule has 0 aromatic carbocycles. The molecule has 0 saturated heterocycles. The van der Waals surface area contributed by atoms with Gasteiger partial charge in [0.25, 0.3) is 0 Å². The lowest BCUT2D eigenvalue weighted by molar-refractivity contribution is -0.196. The summed E-state index contributed by atoms with van der Waals surface area (Å²) in [6, 6.07) is -1.23. The molecule has 21 heavy (non-hydrogen) atoms. The summed E-state index contributed by atoms with van der Waals surface area (Å²) in [7, 11) is -3.23. The van der Waals surface area contributed by atoms with Crippen molar-refractivity contribution in [3.8, 4) is 0 Å². The van der Waals surface area contributed by atoms with Crippen LogP contribution < -0.4 is 5.73 Å². The van der Waals surface area contributed by atoms with E-state index >= 15 is 0 Å². The van der Waals surface area contributed by atoms with E-state index in [1.165, 1.54) is 0 Å². The minimum Gasteiger partial charge on any atom is -0.480 e. The summed E-state index contributed by atoms with van der Waals surface area (Å²) in [5.41, 5.74) is 5.24. The van der Waals surface area contributed by atoms with Gasteiger partial charge in [-0.2, -0.15) is 13.2 Å². The minimum atomic E-state index is -4.34. The summed E-state index contributed by atoms with van der Waals surface area (Å²) in [6.45, 7) is 0. The van der Waals surface area contributed by atoms with Gasteiger partial charge in [0.2, 0.25) is 0 Å². The van der Waals surface area contributed by atoms with Crippen LogP contribution in [0.1, 0.15) is 32.1 Å². The number of carbonyl (C=O) groups is 1. The molecule has 124 valence electrons. The molecular weight excluding hydrogens is 309 g/mol. The molecule has 4 N–H and O–H groups in total. The van der Waals surface area contributed by atoms with E-state index in [0.29, 0.717) is 12.8 Å². The average Bonchev–Trinajstić information content (AvgIpc) is 2.27. The Bertz CT molecular complexity index is 461. The van der Waals surface area contributed by atoms with Crippen molar-refractivity contribution in [2.24, 2.45) is 17.6 Å². The van der Waals surface area contributed by atoms with Crippen LogP contribution in [0, 0.1) is 16.6 Å². The number of rotatable bonds is 8. The highest BCUT2D eigenvalue weighted by Crippen LogP contribution is 2.44. The third-order valence-electron chi connectivity index (χ3n) is 3.97. The van der Waals surface area contributed by atoms with Gasteiger partial charge in [-0.1, -0.05) is 6.42 Å². The predicted molar refractivity (Wildman–Crippen MR) is 72.3 cm³/mol. The van der Waals surface area contributed by atoms with Gasteiger partial charge in [0.1, 0.15) is 6.04 Å². The van der Waals surface area contributed by atoms with Crippen molar-refractivity contribution >= 4 is 15.7 Å². The fourth-order valence-electron chi connectivity index (χ4n) is 2.37. The van der Waals surface area contributed by atoms with Crippen LogP contribution in [0.3, 0.4) is 0 Å². The average molecular weight is 330 g/mol. The first kappa shape index (κ1) is 18.2. The Labute approximate surface area is 122 Å². The van der Waals surface area contributed by atoms with E-state index in [1.807, 2.05) is 0 Å². The summed E-state index contributed by atoms with van der Waals surface area (Å²) in [5.74, 6) is -3.85. The summed E-state index contributed by atoms with van der Waals surface area (Å²) in [4.78, 5) is 10.5. The van der Waals surface area contributed by atoms with Gasteiger partial charge in [-0.3, -0.25) is 9.57 Å². The van der Waals surface area contributed by atoms with Gasteiger partial charge >= 0.3 is 12.1 Å². The monoisotopic (exact) mass is 330 g/mol. The molecule has 0 amide bonds. The second-order valence-corrected chi connectivity index (χ2v) is 8.02. The standard InChI is InChI=1S/C12H21F3N2O3S/c13-12(14,15)9(8-2-1-3-8)4-6-21(17,20)7-5-10(16)11(18)19/h8-10,17H,1-7,16H2,(H,18,19)/t9?,10-,21?/m0/s1. The lowest BCUT2D eigenvalue weighted by Gasteiger charge is -2.35. The summed E-state index contributed by atoms with van der Waals surface area (Å²) in [6.07, 6.45) is -3.02. The lowest BCUT2D eigenvalue weighted by atomic mass is 9.74. The number of halogens is 3. The zero-order valence-corrected chi connectivity index (χ0v) is 12.4. The van der Waals surface area contributed by atoms with Gasteiger partial charge in [-0.25, -0.2) is 4.21 Å². The van der Waals surface area contributed by atoms with Gasteiger partial charge in [0, 0.05) is 21.2 Å². The molecule has 1 rings (SSSR count). The zero-order chi connectivity index (χ0) is 16.3. The number of nitrogens with two attached hydrogens (primary N) is 1. The number of alkyl halides is 3. The quantitative estimate of drug-likeness (QED) is 0.634. The number of hydrogen-bond acceptors (Lipinski definition) is 4. The zero-order valence-electron chi connectivity index (χ0n) is 11.6. The Morgan fingerprint density at radius 1 is 1.33 bits per heavy atom. The smallest absolute Gasteiger partial charge is 0.392 e. The normalized spacial score (nSPS) is 22.1. The molecule has 0 radical (unpaired) electrons. The predicted octanol–water partition coefficient (Wildman–Crippen LogP) is 2.20. The summed E-state index contributed by atoms with van der Waals surface area (Å²) < 4.78 is 58.3. The van der Waals surface area contributed by atoms with Gasteiger partial charge in [-0.05, 0) is 31.6 Å². The molecule has 0 aromatic rings. The van der Waals surface area contributed by atoms with E-state index in [4.69, 9.17) is 15.6 Å². The van der Waals surface area contributed by atoms with Crippen LogP contribution >= 0.6 is 0 Å². The summed E-state index contributed by atoms with van der Waals surface area (Å²) >= 11 is 0. The Morgan fingerprint density at radius 2 is 1.86 bits per heavy atom. The number of carboxylic acid groups (broad SMARTS) is 1. The highest BCUT2D eigenvalue weighted by Gasteiger charge is 2.46. The molecule has 0 aromatic heterocycles. The van der Waals surface area contributed by atoms with Crippen molar-refractivity contribution in [2.75, 3.05) is 11.5 Å². The first-order valence-electron chi connectivity index (χ1n) is 6.82. The highest BCUT2D eigenvalue weighted by atomic mass is 32.2. The fourth-order valence-corrected chi connectivity index (χ4v) is 3.84. The molecular formula is C12H21F3N2O3S. The molecule has 0 heterocycles. The number of carboxylic acids is 1. The Morgan fingerprint density at radius 3 is 2.24 bits per heavy atom. The maximum Gasteiger partial charge on any atom is 0.392 e. The number of nitrogens with one attached hydrogen (secondary N) is 1. The molecule has 1 aliphatic rings. The maximum absolute atomic E-state index is 12.9. The molecule has 1 fully saturated rings. The largest absolute Gasteiger partial charge is 0.480 e. The van der Waals surface area contributed by atoms with Crippen molar-refractivity contribution in [3.63, 3.8) is 0 Å². The second-order valence-electron chi connectivity index (χ2n) is 5.58. The SMILES string of the molecule is N=S(=O)(CCC(C1CCC1)C(F)(F)F)CC[C@H](N)C(=O)O. The van der Waals surface area contributed by atoms with Crippen molar-refractivity contribution in [3.05, 3.63) is 0 Å². The molecule has 1 aliphatic carbocycles. The van der Waals surface area contributed by atoms with Gasteiger partial charge in [0.05, 0.1) is 5.92 Å². The molecule has 5 nitrogen and oxygen atoms in total. The molecule has 2 unspecified atom stereocenters. The highest BCUT2D eigenvalue weighted by molar-refractivity contribution is 7.92. The third-order valence-corrected chi connectivity index (χ3v) is 5.76. The molecule has 9 heteroatoms. The topological polar surface area (TPSA) is 104 Å². The molecule has 3 atom stereocenters. The molecule has 1 saturated carbocycles. The molecule has 0 aliphatic heterocycles. The van der Waals surface area contributed by atoms with E-state index < -0.39 is 39.8 Å². The summed E-state index contributed by atoms with van der Waals surface area (Å²) in [5, 5.41) is 8.59. The first-order valence-corrected chi connectivity index (χ1v) is 8.72. The van der Waals surface area contributed by atoms with Crippen LogP contribution in [0.5, 0.6) is 0 Å². The van der Waals surface area contributed by atoms with E-state index in [-0.39, 0.29) is 24.3 Å². The van der Waals surface area contributed by atoms with Crippen LogP contribution in [0.15, 0.2) is 0 Å². The lowest BCUT2D eigenvalue weighted by Crippen LogP contribution is -2.36. The van der Waals surface area contributed by atoms with E-state index in [2.05, 4.69) is 0 Å². The Kier molecular flexibility index (Phi) is 6.03. The van der Waals surface area contributed by atoms with Crippen LogP contribution in [-0.4, -0.2) is 39.0 Å². The van der Waals surface area contributed by atoms with Crippen LogP contribution in [0.2, 0.25) is 0 Å². The number of aliphatic carboxylic acids is 1. The van der Waals surface area contributed by atoms with Crippen molar-refractivity contribution in [1.29, 1.82) is 4.78 Å². The van der Waals surface area contributed by atoms with Crippen LogP contribution in [0.4, 0.5) is 13.2 Å². The van der Waals surface area contributed by atoms with Crippen molar-refractivity contribution < 1.29 is 27.3 Å². The van der Waals surface area contributed by atoms with Gasteiger partial charge in [0.15, 0.2) is 0 Å². The Balaban J connectivity index is 2.52. The first-order chi connectivity index (χ1) is 9.53. The van der Waals surface area contributed by atoms with E-state index in [1.54, 1.807) is 0 Å². The molecule has 0 bridgehead atoms. The van der Waals surface area contributed by atoms with E-state index in [9.17, 15) is 22.2 Å².